The summed E-state index contributed by atoms with van der Waals surface area (Å²) in [5.74, 6) is -1.06. The smallest absolute Gasteiger partial charge is 0.309 e. The molecule has 0 aromatic carbocycles. The Morgan fingerprint density at radius 1 is 1.22 bits per heavy atom. The second-order valence-electron chi connectivity index (χ2n) is 14.3. The van der Waals surface area contributed by atoms with Gasteiger partial charge in [0.2, 0.25) is 0 Å². The molecular formula is C33H55NO5SSi. The Kier molecular flexibility index (Phi) is 12.4. The molecule has 0 saturated heterocycles. The van der Waals surface area contributed by atoms with Crippen molar-refractivity contribution in [2.45, 2.75) is 138 Å². The van der Waals surface area contributed by atoms with Crippen molar-refractivity contribution >= 4 is 37.5 Å². The van der Waals surface area contributed by atoms with Crippen molar-refractivity contribution in [1.82, 2.24) is 4.98 Å². The Balaban J connectivity index is 2.53. The zero-order valence-electron chi connectivity index (χ0n) is 27.6. The third kappa shape index (κ3) is 9.70. The number of carbonyl (C=O) groups is 2. The second-order valence-corrected chi connectivity index (χ2v) is 20.1. The number of ether oxygens (including phenoxy) is 1. The van der Waals surface area contributed by atoms with Crippen LogP contribution in [0.1, 0.15) is 105 Å². The number of cyclic esters (lactones) is 1. The van der Waals surface area contributed by atoms with Crippen molar-refractivity contribution in [3.63, 3.8) is 0 Å². The van der Waals surface area contributed by atoms with Crippen LogP contribution in [0.4, 0.5) is 0 Å². The van der Waals surface area contributed by atoms with Crippen LogP contribution in [0.25, 0.3) is 6.08 Å². The topological polar surface area (TPSA) is 85.7 Å². The average Bonchev–Trinajstić information content (AvgIpc) is 3.27. The van der Waals surface area contributed by atoms with Gasteiger partial charge in [0.15, 0.2) is 8.32 Å². The molecule has 0 aliphatic carbocycles. The van der Waals surface area contributed by atoms with Gasteiger partial charge in [-0.1, -0.05) is 60.1 Å². The van der Waals surface area contributed by atoms with Crippen LogP contribution in [0.3, 0.4) is 0 Å². The standard InChI is InChI=1S/C33H55NO5SSi/c1-21-14-13-15-22(2)30(36)24(4)31(37)33(9,10)28(39-41(11,12)32(6,7)8)19-29(35)38-27(17-16-21)23(3)18-26-20-40-25(5)34-26/h16,18,20,22,24,27-28,30,36H,13-15,17,19H2,1-12H3/b21-16-,23-18+/t22-,24+,27-,28-,30-/m0/s1. The number of carbonyl (C=O) groups excluding carboxylic acids is 2. The van der Waals surface area contributed by atoms with Gasteiger partial charge in [0, 0.05) is 23.1 Å². The number of esters is 1. The molecule has 2 rings (SSSR count). The van der Waals surface area contributed by atoms with E-state index in [-0.39, 0.29) is 29.1 Å². The molecule has 0 bridgehead atoms. The van der Waals surface area contributed by atoms with E-state index in [4.69, 9.17) is 9.16 Å². The van der Waals surface area contributed by atoms with Crippen molar-refractivity contribution in [2.24, 2.45) is 17.3 Å². The van der Waals surface area contributed by atoms with E-state index in [0.29, 0.717) is 6.42 Å². The van der Waals surface area contributed by atoms with Crippen molar-refractivity contribution in [1.29, 1.82) is 0 Å². The van der Waals surface area contributed by atoms with Gasteiger partial charge >= 0.3 is 5.97 Å². The number of nitrogens with zero attached hydrogens (tertiary/aromatic N) is 1. The van der Waals surface area contributed by atoms with Gasteiger partial charge in [-0.15, -0.1) is 11.3 Å². The van der Waals surface area contributed by atoms with Crippen LogP contribution in [0.15, 0.2) is 22.6 Å². The summed E-state index contributed by atoms with van der Waals surface area (Å²) in [4.78, 5) is 32.2. The van der Waals surface area contributed by atoms with Crippen LogP contribution in [-0.4, -0.2) is 48.5 Å². The van der Waals surface area contributed by atoms with E-state index in [0.717, 1.165) is 35.5 Å². The number of Topliss-reactive ketones (excluding diaryl/α,β-unsaturated/α-hetero) is 1. The van der Waals surface area contributed by atoms with E-state index in [9.17, 15) is 14.7 Å². The van der Waals surface area contributed by atoms with Gasteiger partial charge in [0.1, 0.15) is 11.9 Å². The molecule has 0 fully saturated rings. The van der Waals surface area contributed by atoms with E-state index in [1.807, 2.05) is 53.0 Å². The predicted molar refractivity (Wildman–Crippen MR) is 172 cm³/mol. The van der Waals surface area contributed by atoms with Gasteiger partial charge < -0.3 is 14.3 Å². The minimum absolute atomic E-state index is 0.0188. The first-order valence-electron chi connectivity index (χ1n) is 15.1. The summed E-state index contributed by atoms with van der Waals surface area (Å²) < 4.78 is 13.0. The highest BCUT2D eigenvalue weighted by Gasteiger charge is 2.48. The Labute approximate surface area is 254 Å². The van der Waals surface area contributed by atoms with E-state index in [2.05, 4.69) is 51.8 Å². The molecule has 0 unspecified atom stereocenters. The second kappa shape index (κ2) is 14.2. The number of aryl methyl sites for hydroxylation is 1. The summed E-state index contributed by atoms with van der Waals surface area (Å²) in [5.41, 5.74) is 2.01. The number of ketones is 1. The molecule has 0 spiro atoms. The quantitative estimate of drug-likeness (QED) is 0.211. The van der Waals surface area contributed by atoms with E-state index in [1.54, 1.807) is 11.3 Å². The van der Waals surface area contributed by atoms with Gasteiger partial charge in [0.05, 0.1) is 29.3 Å². The Morgan fingerprint density at radius 2 is 1.85 bits per heavy atom. The number of aliphatic hydroxyl groups excluding tert-OH is 1. The SMILES string of the molecule is C/C1=C/C[C@@H](/C(C)=C/c2csc(C)n2)OC(=O)C[C@H](O[Si](C)(C)C(C)(C)C)C(C)(C)C(=O)[C@H](C)[C@@H](O)[C@@H](C)CCC1. The fraction of sp³-hybridized carbons (Fsp3) is 0.727. The maximum Gasteiger partial charge on any atom is 0.309 e. The fourth-order valence-electron chi connectivity index (χ4n) is 5.11. The molecule has 0 radical (unpaired) electrons. The van der Waals surface area contributed by atoms with E-state index < -0.39 is 38.0 Å². The third-order valence-electron chi connectivity index (χ3n) is 9.25. The van der Waals surface area contributed by atoms with E-state index >= 15 is 0 Å². The molecule has 41 heavy (non-hydrogen) atoms. The molecule has 1 aliphatic heterocycles. The highest BCUT2D eigenvalue weighted by Crippen LogP contribution is 2.42. The van der Waals surface area contributed by atoms with Crippen LogP contribution in [-0.2, 0) is 18.8 Å². The summed E-state index contributed by atoms with van der Waals surface area (Å²) in [6.45, 7) is 24.3. The molecule has 6 nitrogen and oxygen atoms in total. The lowest BCUT2D eigenvalue weighted by Gasteiger charge is -2.44. The molecule has 0 saturated carbocycles. The van der Waals surface area contributed by atoms with Crippen LogP contribution >= 0.6 is 11.3 Å². The lowest BCUT2D eigenvalue weighted by Crippen LogP contribution is -2.52. The van der Waals surface area contributed by atoms with Gasteiger partial charge in [-0.25, -0.2) is 4.98 Å². The number of rotatable bonds is 4. The zero-order valence-corrected chi connectivity index (χ0v) is 29.4. The van der Waals surface area contributed by atoms with Gasteiger partial charge in [-0.3, -0.25) is 9.59 Å². The first-order valence-corrected chi connectivity index (χ1v) is 18.9. The monoisotopic (exact) mass is 605 g/mol. The summed E-state index contributed by atoms with van der Waals surface area (Å²) in [6.07, 6.45) is 5.44. The Hall–Kier alpha value is -1.61. The maximum absolute atomic E-state index is 14.0. The summed E-state index contributed by atoms with van der Waals surface area (Å²) in [7, 11) is -2.36. The third-order valence-corrected chi connectivity index (χ3v) is 14.5. The molecular weight excluding hydrogens is 551 g/mol. The van der Waals surface area contributed by atoms with Crippen LogP contribution in [0.2, 0.25) is 18.1 Å². The number of aliphatic hydroxyl groups is 1. The minimum Gasteiger partial charge on any atom is -0.457 e. The summed E-state index contributed by atoms with van der Waals surface area (Å²) >= 11 is 1.59. The highest BCUT2D eigenvalue weighted by atomic mass is 32.1. The fourth-order valence-corrected chi connectivity index (χ4v) is 7.12. The maximum atomic E-state index is 14.0. The molecule has 1 aliphatic rings. The van der Waals surface area contributed by atoms with Crippen LogP contribution in [0.5, 0.6) is 0 Å². The first-order chi connectivity index (χ1) is 18.8. The first kappa shape index (κ1) is 35.6. The Bertz CT molecular complexity index is 1110. The number of allylic oxidation sites excluding steroid dienone is 1. The number of hydrogen-bond acceptors (Lipinski definition) is 7. The molecule has 1 aromatic heterocycles. The van der Waals surface area contributed by atoms with Gasteiger partial charge in [-0.2, -0.15) is 0 Å². The van der Waals surface area contributed by atoms with Gasteiger partial charge in [-0.05, 0) is 75.7 Å². The lowest BCUT2D eigenvalue weighted by molar-refractivity contribution is -0.153. The van der Waals surface area contributed by atoms with Crippen molar-refractivity contribution in [3.05, 3.63) is 33.3 Å². The average molecular weight is 606 g/mol. The Morgan fingerprint density at radius 3 is 2.41 bits per heavy atom. The number of hydrogen-bond donors (Lipinski definition) is 1. The zero-order chi connectivity index (χ0) is 31.3. The van der Waals surface area contributed by atoms with Crippen molar-refractivity contribution < 1.29 is 23.9 Å². The number of thiazole rings is 1. The molecule has 2 heterocycles. The molecule has 0 amide bonds. The predicted octanol–water partition coefficient (Wildman–Crippen LogP) is 8.30. The van der Waals surface area contributed by atoms with Gasteiger partial charge in [0.25, 0.3) is 0 Å². The highest BCUT2D eigenvalue weighted by molar-refractivity contribution is 7.09. The largest absolute Gasteiger partial charge is 0.457 e. The molecule has 1 N–H and O–H groups in total. The van der Waals surface area contributed by atoms with Crippen molar-refractivity contribution in [3.8, 4) is 0 Å². The lowest BCUT2D eigenvalue weighted by atomic mass is 9.73. The van der Waals surface area contributed by atoms with Crippen LogP contribution in [0, 0.1) is 24.2 Å². The minimum atomic E-state index is -2.36. The molecule has 1 aromatic rings. The molecule has 232 valence electrons. The van der Waals surface area contributed by atoms with Crippen molar-refractivity contribution in [2.75, 3.05) is 0 Å². The molecule has 8 heteroatoms. The summed E-state index contributed by atoms with van der Waals surface area (Å²) in [5, 5.41) is 14.1. The number of aromatic nitrogens is 1. The van der Waals surface area contributed by atoms with Crippen LogP contribution < -0.4 is 0 Å². The van der Waals surface area contributed by atoms with E-state index in [1.165, 1.54) is 5.57 Å². The summed E-state index contributed by atoms with van der Waals surface area (Å²) in [6, 6.07) is 0. The normalized spacial score (nSPS) is 29.5. The molecule has 5 atom stereocenters.